The van der Waals surface area contributed by atoms with Gasteiger partial charge in [0.1, 0.15) is 0 Å². The first-order valence-electron chi connectivity index (χ1n) is 12.6. The van der Waals surface area contributed by atoms with Crippen molar-refractivity contribution in [3.05, 3.63) is 11.0 Å². The molecule has 1 aliphatic rings. The van der Waals surface area contributed by atoms with E-state index in [4.69, 9.17) is 5.11 Å². The van der Waals surface area contributed by atoms with E-state index >= 15 is 0 Å². The number of unbranched alkanes of at least 4 members (excludes halogenated alkanes) is 14. The summed E-state index contributed by atoms with van der Waals surface area (Å²) < 4.78 is 0. The highest BCUT2D eigenvalue weighted by Gasteiger charge is 2.33. The standard InChI is InChI=1S/C25H44N2O3S/c1-3-5-7-9-11-13-15-17-19-26-25-27(24(30)22(31-25)21-23(28)29)20-18-16-14-12-10-8-6-4-2/h21H,3-20H2,1-2H3,(H,28,29). The van der Waals surface area contributed by atoms with Crippen LogP contribution in [0, 0.1) is 0 Å². The summed E-state index contributed by atoms with van der Waals surface area (Å²) in [5, 5.41) is 9.73. The van der Waals surface area contributed by atoms with Gasteiger partial charge in [0.25, 0.3) is 5.91 Å². The predicted molar refractivity (Wildman–Crippen MR) is 133 cm³/mol. The third-order valence-electron chi connectivity index (χ3n) is 5.64. The van der Waals surface area contributed by atoms with Gasteiger partial charge in [0.15, 0.2) is 5.17 Å². The first kappa shape index (κ1) is 27.7. The molecule has 1 heterocycles. The van der Waals surface area contributed by atoms with Crippen LogP contribution in [-0.4, -0.2) is 40.1 Å². The number of carboxylic acid groups (broad SMARTS) is 1. The first-order valence-corrected chi connectivity index (χ1v) is 13.4. The number of nitrogens with zero attached hydrogens (tertiary/aromatic N) is 2. The van der Waals surface area contributed by atoms with Crippen LogP contribution in [0.25, 0.3) is 0 Å². The van der Waals surface area contributed by atoms with Gasteiger partial charge in [0.05, 0.1) is 4.91 Å². The zero-order valence-electron chi connectivity index (χ0n) is 19.9. The Balaban J connectivity index is 2.40. The fraction of sp³-hybridized carbons (Fsp3) is 0.800. The molecule has 0 spiro atoms. The molecule has 1 saturated heterocycles. The Morgan fingerprint density at radius 3 is 1.84 bits per heavy atom. The molecule has 6 heteroatoms. The molecule has 1 rings (SSSR count). The molecule has 0 radical (unpaired) electrons. The number of carbonyl (C=O) groups is 2. The number of hydrogen-bond acceptors (Lipinski definition) is 4. The van der Waals surface area contributed by atoms with E-state index in [2.05, 4.69) is 18.8 Å². The minimum absolute atomic E-state index is 0.204. The number of aliphatic imine (C=N–C) groups is 1. The van der Waals surface area contributed by atoms with E-state index in [-0.39, 0.29) is 10.8 Å². The lowest BCUT2D eigenvalue weighted by molar-refractivity contribution is -0.132. The maximum Gasteiger partial charge on any atom is 0.329 e. The fourth-order valence-electron chi connectivity index (χ4n) is 3.76. The summed E-state index contributed by atoms with van der Waals surface area (Å²) in [7, 11) is 0. The van der Waals surface area contributed by atoms with Gasteiger partial charge in [-0.25, -0.2) is 4.79 Å². The molecule has 178 valence electrons. The molecular formula is C25H44N2O3S. The van der Waals surface area contributed by atoms with Gasteiger partial charge < -0.3 is 5.11 Å². The van der Waals surface area contributed by atoms with E-state index in [0.717, 1.165) is 31.8 Å². The molecule has 1 N–H and O–H groups in total. The second-order valence-corrected chi connectivity index (χ2v) is 9.53. The van der Waals surface area contributed by atoms with Crippen LogP contribution in [0.4, 0.5) is 0 Å². The average Bonchev–Trinajstić information content (AvgIpc) is 3.02. The second-order valence-electron chi connectivity index (χ2n) is 8.52. The number of carboxylic acids is 1. The van der Waals surface area contributed by atoms with Crippen molar-refractivity contribution >= 4 is 28.8 Å². The summed E-state index contributed by atoms with van der Waals surface area (Å²) in [6.45, 7) is 5.80. The summed E-state index contributed by atoms with van der Waals surface area (Å²) in [5.74, 6) is -1.28. The molecule has 5 nitrogen and oxygen atoms in total. The number of thioether (sulfide) groups is 1. The summed E-state index contributed by atoms with van der Waals surface area (Å²) >= 11 is 1.22. The maximum atomic E-state index is 12.6. The summed E-state index contributed by atoms with van der Waals surface area (Å²) in [6, 6.07) is 0. The summed E-state index contributed by atoms with van der Waals surface area (Å²) in [4.78, 5) is 30.3. The van der Waals surface area contributed by atoms with Crippen molar-refractivity contribution in [2.75, 3.05) is 13.1 Å². The van der Waals surface area contributed by atoms with Gasteiger partial charge >= 0.3 is 5.97 Å². The van der Waals surface area contributed by atoms with Crippen molar-refractivity contribution < 1.29 is 14.7 Å². The molecule has 0 unspecified atom stereocenters. The van der Waals surface area contributed by atoms with E-state index in [0.29, 0.717) is 18.3 Å². The monoisotopic (exact) mass is 452 g/mol. The first-order chi connectivity index (χ1) is 15.1. The predicted octanol–water partition coefficient (Wildman–Crippen LogP) is 7.17. The molecule has 0 saturated carbocycles. The van der Waals surface area contributed by atoms with Crippen molar-refractivity contribution in [1.82, 2.24) is 4.90 Å². The van der Waals surface area contributed by atoms with E-state index in [1.165, 1.54) is 88.8 Å². The van der Waals surface area contributed by atoms with Crippen LogP contribution < -0.4 is 0 Å². The molecule has 1 fully saturated rings. The average molecular weight is 453 g/mol. The van der Waals surface area contributed by atoms with Crippen molar-refractivity contribution in [2.45, 2.75) is 117 Å². The summed E-state index contributed by atoms with van der Waals surface area (Å²) in [6.07, 6.45) is 20.7. The molecule has 0 aromatic heterocycles. The van der Waals surface area contributed by atoms with E-state index < -0.39 is 5.97 Å². The molecule has 0 aliphatic carbocycles. The number of carbonyl (C=O) groups excluding carboxylic acids is 1. The van der Waals surface area contributed by atoms with Gasteiger partial charge in [-0.2, -0.15) is 0 Å². The van der Waals surface area contributed by atoms with Crippen molar-refractivity contribution in [2.24, 2.45) is 4.99 Å². The number of amides is 1. The van der Waals surface area contributed by atoms with E-state index in [1.807, 2.05) is 0 Å². The van der Waals surface area contributed by atoms with Gasteiger partial charge in [0, 0.05) is 19.2 Å². The highest BCUT2D eigenvalue weighted by atomic mass is 32.2. The number of hydrogen-bond donors (Lipinski definition) is 1. The van der Waals surface area contributed by atoms with Gasteiger partial charge in [-0.3, -0.25) is 14.7 Å². The van der Waals surface area contributed by atoms with Crippen LogP contribution >= 0.6 is 11.8 Å². The van der Waals surface area contributed by atoms with Crippen molar-refractivity contribution in [3.8, 4) is 0 Å². The largest absolute Gasteiger partial charge is 0.478 e. The minimum atomic E-state index is -1.08. The smallest absolute Gasteiger partial charge is 0.329 e. The maximum absolute atomic E-state index is 12.6. The molecule has 1 aliphatic heterocycles. The Bertz CT molecular complexity index is 575. The number of amidine groups is 1. The van der Waals surface area contributed by atoms with Crippen LogP contribution in [-0.2, 0) is 9.59 Å². The molecule has 31 heavy (non-hydrogen) atoms. The quantitative estimate of drug-likeness (QED) is 0.167. The third kappa shape index (κ3) is 13.0. The molecule has 1 amide bonds. The zero-order chi connectivity index (χ0) is 22.7. The lowest BCUT2D eigenvalue weighted by Crippen LogP contribution is -2.30. The van der Waals surface area contributed by atoms with Crippen LogP contribution in [0.2, 0.25) is 0 Å². The zero-order valence-corrected chi connectivity index (χ0v) is 20.7. The van der Waals surface area contributed by atoms with E-state index in [1.54, 1.807) is 4.90 Å². The number of rotatable bonds is 19. The van der Waals surface area contributed by atoms with Crippen molar-refractivity contribution in [1.29, 1.82) is 0 Å². The Morgan fingerprint density at radius 1 is 0.839 bits per heavy atom. The Labute approximate surface area is 194 Å². The lowest BCUT2D eigenvalue weighted by atomic mass is 10.1. The highest BCUT2D eigenvalue weighted by Crippen LogP contribution is 2.31. The topological polar surface area (TPSA) is 70.0 Å². The van der Waals surface area contributed by atoms with Gasteiger partial charge in [0.2, 0.25) is 0 Å². The van der Waals surface area contributed by atoms with Crippen LogP contribution in [0.1, 0.15) is 117 Å². The molecular weight excluding hydrogens is 408 g/mol. The molecule has 0 aromatic rings. The normalized spacial score (nSPS) is 16.7. The van der Waals surface area contributed by atoms with Crippen molar-refractivity contribution in [3.63, 3.8) is 0 Å². The van der Waals surface area contributed by atoms with E-state index in [9.17, 15) is 9.59 Å². The third-order valence-corrected chi connectivity index (χ3v) is 6.68. The Hall–Kier alpha value is -1.30. The molecule has 0 atom stereocenters. The van der Waals surface area contributed by atoms with Gasteiger partial charge in [-0.05, 0) is 24.6 Å². The second kappa shape index (κ2) is 18.3. The Morgan fingerprint density at radius 2 is 1.32 bits per heavy atom. The van der Waals surface area contributed by atoms with Gasteiger partial charge in [-0.15, -0.1) is 0 Å². The summed E-state index contributed by atoms with van der Waals surface area (Å²) in [5.41, 5.74) is 0. The molecule has 0 bridgehead atoms. The Kier molecular flexibility index (Phi) is 16.4. The molecule has 0 aromatic carbocycles. The fourth-order valence-corrected chi connectivity index (χ4v) is 4.75. The van der Waals surface area contributed by atoms with Crippen LogP contribution in [0.15, 0.2) is 16.0 Å². The van der Waals surface area contributed by atoms with Crippen LogP contribution in [0.5, 0.6) is 0 Å². The number of aliphatic carboxylic acids is 1. The SMILES string of the molecule is CCCCCCCCCCN=C1SC(=CC(=O)O)C(=O)N1CCCCCCCCCC. The van der Waals surface area contributed by atoms with Gasteiger partial charge in [-0.1, -0.05) is 104 Å². The highest BCUT2D eigenvalue weighted by molar-refractivity contribution is 8.18. The lowest BCUT2D eigenvalue weighted by Gasteiger charge is -2.15. The van der Waals surface area contributed by atoms with Crippen LogP contribution in [0.3, 0.4) is 0 Å². The minimum Gasteiger partial charge on any atom is -0.478 e.